The molecule has 158 valence electrons. The Morgan fingerprint density at radius 3 is 2.44 bits per heavy atom. The van der Waals surface area contributed by atoms with Crippen LogP contribution in [0.25, 0.3) is 16.9 Å². The summed E-state index contributed by atoms with van der Waals surface area (Å²) in [5.41, 5.74) is 3.18. The Labute approximate surface area is 184 Å². The van der Waals surface area contributed by atoms with Crippen molar-refractivity contribution in [3.05, 3.63) is 90.9 Å². The van der Waals surface area contributed by atoms with E-state index in [9.17, 15) is 9.59 Å². The van der Waals surface area contributed by atoms with Crippen molar-refractivity contribution in [3.63, 3.8) is 0 Å². The number of para-hydroxylation sites is 1. The smallest absolute Gasteiger partial charge is 0.347 e. The lowest BCUT2D eigenvalue weighted by atomic mass is 10.1. The van der Waals surface area contributed by atoms with Gasteiger partial charge in [0.25, 0.3) is 0 Å². The highest BCUT2D eigenvalue weighted by Crippen LogP contribution is 2.27. The fourth-order valence-electron chi connectivity index (χ4n) is 3.73. The minimum atomic E-state index is -0.518. The number of carbonyl (C=O) groups is 2. The summed E-state index contributed by atoms with van der Waals surface area (Å²) in [5.74, 6) is -0.00444. The van der Waals surface area contributed by atoms with Crippen LogP contribution in [0, 0.1) is 0 Å². The molecule has 32 heavy (non-hydrogen) atoms. The van der Waals surface area contributed by atoms with Gasteiger partial charge in [0.05, 0.1) is 5.69 Å². The summed E-state index contributed by atoms with van der Waals surface area (Å²) in [6.07, 6.45) is 6.42. The normalized spacial score (nSPS) is 13.4. The lowest BCUT2D eigenvalue weighted by molar-refractivity contribution is -0.117. The van der Waals surface area contributed by atoms with E-state index in [0.29, 0.717) is 30.0 Å². The average Bonchev–Trinajstić information content (AvgIpc) is 3.48. The molecule has 0 aliphatic carbocycles. The highest BCUT2D eigenvalue weighted by molar-refractivity contribution is 5.98. The van der Waals surface area contributed by atoms with Gasteiger partial charge in [0.15, 0.2) is 0 Å². The van der Waals surface area contributed by atoms with Crippen LogP contribution < -0.4 is 9.64 Å². The molecule has 0 bridgehead atoms. The maximum absolute atomic E-state index is 13.1. The summed E-state index contributed by atoms with van der Waals surface area (Å²) in [6.45, 7) is 0.713. The van der Waals surface area contributed by atoms with Gasteiger partial charge in [-0.3, -0.25) is 9.78 Å². The molecule has 0 N–H and O–H groups in total. The summed E-state index contributed by atoms with van der Waals surface area (Å²) in [6, 6.07) is 20.2. The highest BCUT2D eigenvalue weighted by Gasteiger charge is 2.23. The Balaban J connectivity index is 1.44. The number of amides is 1. The summed E-state index contributed by atoms with van der Waals surface area (Å²) in [7, 11) is 0. The van der Waals surface area contributed by atoms with Gasteiger partial charge in [-0.25, -0.2) is 9.48 Å². The van der Waals surface area contributed by atoms with E-state index in [2.05, 4.69) is 10.1 Å². The number of hydrogen-bond acceptors (Lipinski definition) is 5. The van der Waals surface area contributed by atoms with Crippen molar-refractivity contribution in [2.75, 3.05) is 11.4 Å². The summed E-state index contributed by atoms with van der Waals surface area (Å²) in [4.78, 5) is 30.9. The van der Waals surface area contributed by atoms with Crippen molar-refractivity contribution >= 4 is 17.6 Å². The molecular formula is C25H20N4O3. The van der Waals surface area contributed by atoms with Gasteiger partial charge in [-0.2, -0.15) is 5.10 Å². The van der Waals surface area contributed by atoms with Crippen LogP contribution in [0.4, 0.5) is 5.69 Å². The number of aromatic nitrogens is 3. The van der Waals surface area contributed by atoms with E-state index in [1.54, 1.807) is 58.5 Å². The number of rotatable bonds is 5. The van der Waals surface area contributed by atoms with Crippen LogP contribution in [0.15, 0.2) is 85.3 Å². The first-order valence-electron chi connectivity index (χ1n) is 10.4. The number of nitrogens with zero attached hydrogens (tertiary/aromatic N) is 4. The topological polar surface area (TPSA) is 77.3 Å². The number of anilines is 1. The molecule has 1 aliphatic rings. The molecule has 1 saturated heterocycles. The Morgan fingerprint density at radius 2 is 1.75 bits per heavy atom. The number of ether oxygens (including phenoxy) is 1. The monoisotopic (exact) mass is 424 g/mol. The van der Waals surface area contributed by atoms with Gasteiger partial charge < -0.3 is 9.64 Å². The van der Waals surface area contributed by atoms with E-state index in [-0.39, 0.29) is 5.91 Å². The Hall–Kier alpha value is -4.26. The number of esters is 1. The predicted octanol–water partition coefficient (Wildman–Crippen LogP) is 4.28. The van der Waals surface area contributed by atoms with Gasteiger partial charge in [-0.1, -0.05) is 18.2 Å². The fourth-order valence-corrected chi connectivity index (χ4v) is 3.73. The van der Waals surface area contributed by atoms with Crippen molar-refractivity contribution in [2.45, 2.75) is 12.8 Å². The second-order valence-electron chi connectivity index (χ2n) is 7.45. The van der Waals surface area contributed by atoms with Crippen molar-refractivity contribution in [1.82, 2.24) is 14.8 Å². The molecule has 4 aromatic rings. The van der Waals surface area contributed by atoms with Gasteiger partial charge in [0.1, 0.15) is 17.0 Å². The van der Waals surface area contributed by atoms with E-state index >= 15 is 0 Å². The molecule has 2 aromatic heterocycles. The Kier molecular flexibility index (Phi) is 5.21. The second kappa shape index (κ2) is 8.47. The third kappa shape index (κ3) is 3.88. The van der Waals surface area contributed by atoms with Gasteiger partial charge in [0.2, 0.25) is 5.91 Å². The molecule has 7 heteroatoms. The molecule has 1 aliphatic heterocycles. The van der Waals surface area contributed by atoms with Gasteiger partial charge in [-0.05, 0) is 55.0 Å². The van der Waals surface area contributed by atoms with Crippen molar-refractivity contribution in [1.29, 1.82) is 0 Å². The van der Waals surface area contributed by atoms with Crippen LogP contribution in [0.3, 0.4) is 0 Å². The van der Waals surface area contributed by atoms with Gasteiger partial charge in [-0.15, -0.1) is 0 Å². The zero-order valence-electron chi connectivity index (χ0n) is 17.2. The van der Waals surface area contributed by atoms with E-state index < -0.39 is 5.97 Å². The molecule has 0 unspecified atom stereocenters. The molecule has 1 amide bonds. The molecule has 0 spiro atoms. The molecule has 3 heterocycles. The van der Waals surface area contributed by atoms with Crippen molar-refractivity contribution < 1.29 is 14.3 Å². The number of hydrogen-bond donors (Lipinski definition) is 0. The molecular weight excluding hydrogens is 404 g/mol. The SMILES string of the molecule is O=C(Oc1ccc(N2CCCC2=O)cc1)c1cn(-c2ccccc2)nc1-c1cccnc1. The molecule has 0 radical (unpaired) electrons. The van der Waals surface area contributed by atoms with Crippen LogP contribution in [0.5, 0.6) is 5.75 Å². The Bertz CT molecular complexity index is 1250. The lowest BCUT2D eigenvalue weighted by Gasteiger charge is -2.15. The zero-order chi connectivity index (χ0) is 21.9. The maximum atomic E-state index is 13.1. The molecule has 1 fully saturated rings. The highest BCUT2D eigenvalue weighted by atomic mass is 16.5. The van der Waals surface area contributed by atoms with Gasteiger partial charge >= 0.3 is 5.97 Å². The third-order valence-electron chi connectivity index (χ3n) is 5.32. The third-order valence-corrected chi connectivity index (χ3v) is 5.32. The van der Waals surface area contributed by atoms with E-state index in [0.717, 1.165) is 23.4 Å². The molecule has 7 nitrogen and oxygen atoms in total. The molecule has 0 saturated carbocycles. The van der Waals surface area contributed by atoms with E-state index in [1.165, 1.54) is 0 Å². The van der Waals surface area contributed by atoms with Crippen molar-refractivity contribution in [2.24, 2.45) is 0 Å². The Morgan fingerprint density at radius 1 is 0.938 bits per heavy atom. The number of carbonyl (C=O) groups excluding carboxylic acids is 2. The standard InChI is InChI=1S/C25H20N4O3/c30-23-9-5-15-28(23)19-10-12-21(13-11-19)32-25(31)22-17-29(20-7-2-1-3-8-20)27-24(22)18-6-4-14-26-16-18/h1-4,6-8,10-14,16-17H,5,9,15H2. The van der Waals surface area contributed by atoms with Crippen LogP contribution in [0.2, 0.25) is 0 Å². The average molecular weight is 424 g/mol. The summed E-state index contributed by atoms with van der Waals surface area (Å²) < 4.78 is 7.29. The van der Waals surface area contributed by atoms with Crippen LogP contribution in [-0.4, -0.2) is 33.2 Å². The minimum Gasteiger partial charge on any atom is -0.423 e. The maximum Gasteiger partial charge on any atom is 0.347 e. The van der Waals surface area contributed by atoms with Crippen molar-refractivity contribution in [3.8, 4) is 22.7 Å². The molecule has 5 rings (SSSR count). The predicted molar refractivity (Wildman–Crippen MR) is 120 cm³/mol. The van der Waals surface area contributed by atoms with Crippen LogP contribution in [-0.2, 0) is 4.79 Å². The number of pyridine rings is 1. The van der Waals surface area contributed by atoms with Gasteiger partial charge in [0, 0.05) is 42.8 Å². The lowest BCUT2D eigenvalue weighted by Crippen LogP contribution is -2.23. The first kappa shape index (κ1) is 19.7. The molecule has 2 aromatic carbocycles. The summed E-state index contributed by atoms with van der Waals surface area (Å²) >= 11 is 0. The second-order valence-corrected chi connectivity index (χ2v) is 7.45. The number of benzene rings is 2. The first-order chi connectivity index (χ1) is 15.7. The van der Waals surface area contributed by atoms with E-state index in [1.807, 2.05) is 36.4 Å². The first-order valence-corrected chi connectivity index (χ1v) is 10.4. The zero-order valence-corrected chi connectivity index (χ0v) is 17.2. The summed E-state index contributed by atoms with van der Waals surface area (Å²) in [5, 5.41) is 4.62. The fraction of sp³-hybridized carbons (Fsp3) is 0.120. The molecule has 0 atom stereocenters. The van der Waals surface area contributed by atoms with Crippen LogP contribution >= 0.6 is 0 Å². The minimum absolute atomic E-state index is 0.115. The van der Waals surface area contributed by atoms with Crippen LogP contribution in [0.1, 0.15) is 23.2 Å². The quantitative estimate of drug-likeness (QED) is 0.353. The van der Waals surface area contributed by atoms with E-state index in [4.69, 9.17) is 4.74 Å². The largest absolute Gasteiger partial charge is 0.423 e.